The molecule has 0 radical (unpaired) electrons. The average Bonchev–Trinajstić information content (AvgIpc) is 2.16. The summed E-state index contributed by atoms with van der Waals surface area (Å²) in [6, 6.07) is 3.37. The summed E-state index contributed by atoms with van der Waals surface area (Å²) in [7, 11) is 1.49. The number of hydrogen-bond acceptors (Lipinski definition) is 3. The maximum absolute atomic E-state index is 11.1. The van der Waals surface area contributed by atoms with Crippen molar-refractivity contribution in [2.75, 3.05) is 13.0 Å². The minimum absolute atomic E-state index is 0.0760. The summed E-state index contributed by atoms with van der Waals surface area (Å²) >= 11 is 5.37. The molecule has 0 saturated heterocycles. The Hall–Kier alpha value is -1.09. The highest BCUT2D eigenvalue weighted by Crippen LogP contribution is 2.14. The molecule has 0 atom stereocenters. The quantitative estimate of drug-likeness (QED) is 0.529. The molecule has 4 heteroatoms. The van der Waals surface area contributed by atoms with E-state index in [1.54, 1.807) is 12.1 Å². The number of pyridine rings is 1. The number of ether oxygens (including phenoxy) is 1. The third kappa shape index (κ3) is 1.74. The number of nitrogens with zero attached hydrogens (tertiary/aromatic N) is 1. The molecule has 64 valence electrons. The van der Waals surface area contributed by atoms with E-state index in [0.717, 1.165) is 0 Å². The molecule has 1 aromatic heterocycles. The molecule has 12 heavy (non-hydrogen) atoms. The van der Waals surface area contributed by atoms with E-state index >= 15 is 0 Å². The summed E-state index contributed by atoms with van der Waals surface area (Å²) in [4.78, 5) is 15.0. The van der Waals surface area contributed by atoms with E-state index in [-0.39, 0.29) is 17.4 Å². The molecule has 1 heterocycles. The predicted octanol–water partition coefficient (Wildman–Crippen LogP) is 1.51. The van der Waals surface area contributed by atoms with E-state index in [0.29, 0.717) is 5.75 Å². The normalized spacial score (nSPS) is 9.50. The lowest BCUT2D eigenvalue weighted by molar-refractivity contribution is 0.101. The molecule has 0 unspecified atom stereocenters. The second-order valence-electron chi connectivity index (χ2n) is 2.11. The van der Waals surface area contributed by atoms with Crippen LogP contribution >= 0.6 is 11.6 Å². The van der Waals surface area contributed by atoms with Gasteiger partial charge in [0.2, 0.25) is 0 Å². The molecule has 0 saturated carbocycles. The highest BCUT2D eigenvalue weighted by Gasteiger charge is 2.10. The predicted molar refractivity (Wildman–Crippen MR) is 45.8 cm³/mol. The smallest absolute Gasteiger partial charge is 0.199 e. The molecule has 0 aromatic carbocycles. The molecule has 1 rings (SSSR count). The van der Waals surface area contributed by atoms with Gasteiger partial charge in [0.05, 0.1) is 13.0 Å². The number of Topliss-reactive ketones (excluding diaryl/α,β-unsaturated/α-hetero) is 1. The van der Waals surface area contributed by atoms with Crippen LogP contribution in [-0.4, -0.2) is 23.8 Å². The minimum Gasteiger partial charge on any atom is -0.494 e. The molecular formula is C8H8ClNO2. The first-order valence-electron chi connectivity index (χ1n) is 3.37. The molecule has 0 spiro atoms. The van der Waals surface area contributed by atoms with Gasteiger partial charge >= 0.3 is 0 Å². The van der Waals surface area contributed by atoms with Gasteiger partial charge in [0.15, 0.2) is 5.78 Å². The van der Waals surface area contributed by atoms with Gasteiger partial charge in [-0.25, -0.2) is 4.98 Å². The Labute approximate surface area is 75.3 Å². The van der Waals surface area contributed by atoms with Crippen molar-refractivity contribution in [1.82, 2.24) is 4.98 Å². The van der Waals surface area contributed by atoms with Crippen LogP contribution in [0.4, 0.5) is 0 Å². The topological polar surface area (TPSA) is 39.2 Å². The Balaban J connectivity index is 3.04. The fourth-order valence-corrected chi connectivity index (χ4v) is 0.955. The lowest BCUT2D eigenvalue weighted by atomic mass is 10.2. The number of aromatic nitrogens is 1. The SMILES string of the molecule is COc1cccnc1C(=O)CCl. The number of methoxy groups -OCH3 is 1. The molecule has 0 aliphatic heterocycles. The average molecular weight is 186 g/mol. The van der Waals surface area contributed by atoms with E-state index in [1.807, 2.05) is 0 Å². The Morgan fingerprint density at radius 1 is 1.75 bits per heavy atom. The zero-order chi connectivity index (χ0) is 8.97. The van der Waals surface area contributed by atoms with Crippen LogP contribution in [-0.2, 0) is 0 Å². The Morgan fingerprint density at radius 2 is 2.50 bits per heavy atom. The highest BCUT2D eigenvalue weighted by molar-refractivity contribution is 6.30. The lowest BCUT2D eigenvalue weighted by Crippen LogP contribution is -2.05. The molecular weight excluding hydrogens is 178 g/mol. The Morgan fingerprint density at radius 3 is 3.08 bits per heavy atom. The van der Waals surface area contributed by atoms with Crippen LogP contribution in [0, 0.1) is 0 Å². The summed E-state index contributed by atoms with van der Waals surface area (Å²) in [5, 5.41) is 0. The van der Waals surface area contributed by atoms with Gasteiger partial charge in [0, 0.05) is 6.20 Å². The molecule has 0 amide bonds. The van der Waals surface area contributed by atoms with Crippen molar-refractivity contribution in [1.29, 1.82) is 0 Å². The molecule has 0 fully saturated rings. The van der Waals surface area contributed by atoms with Crippen molar-refractivity contribution < 1.29 is 9.53 Å². The number of carbonyl (C=O) groups is 1. The first kappa shape index (κ1) is 9.00. The maximum Gasteiger partial charge on any atom is 0.199 e. The highest BCUT2D eigenvalue weighted by atomic mass is 35.5. The van der Waals surface area contributed by atoms with Gasteiger partial charge in [-0.15, -0.1) is 11.6 Å². The number of rotatable bonds is 3. The first-order chi connectivity index (χ1) is 5.79. The lowest BCUT2D eigenvalue weighted by Gasteiger charge is -2.02. The van der Waals surface area contributed by atoms with Crippen LogP contribution in [0.15, 0.2) is 18.3 Å². The van der Waals surface area contributed by atoms with Gasteiger partial charge < -0.3 is 4.74 Å². The number of alkyl halides is 1. The van der Waals surface area contributed by atoms with Crippen molar-refractivity contribution in [2.45, 2.75) is 0 Å². The Bertz CT molecular complexity index is 288. The summed E-state index contributed by atoms with van der Waals surface area (Å²) in [6.45, 7) is 0. The van der Waals surface area contributed by atoms with Gasteiger partial charge in [0.1, 0.15) is 11.4 Å². The van der Waals surface area contributed by atoms with Gasteiger partial charge in [-0.1, -0.05) is 0 Å². The van der Waals surface area contributed by atoms with Crippen molar-refractivity contribution in [3.05, 3.63) is 24.0 Å². The van der Waals surface area contributed by atoms with E-state index in [1.165, 1.54) is 13.3 Å². The Kier molecular flexibility index (Phi) is 3.05. The molecule has 1 aromatic rings. The van der Waals surface area contributed by atoms with Crippen LogP contribution in [0.3, 0.4) is 0 Å². The van der Waals surface area contributed by atoms with Crippen LogP contribution in [0.25, 0.3) is 0 Å². The second-order valence-corrected chi connectivity index (χ2v) is 2.38. The number of carbonyl (C=O) groups excluding carboxylic acids is 1. The van der Waals surface area contributed by atoms with Crippen molar-refractivity contribution >= 4 is 17.4 Å². The number of hydrogen-bond donors (Lipinski definition) is 0. The summed E-state index contributed by atoms with van der Waals surface area (Å²) in [5.41, 5.74) is 0.287. The number of ketones is 1. The van der Waals surface area contributed by atoms with Gasteiger partial charge in [-0.3, -0.25) is 4.79 Å². The third-order valence-electron chi connectivity index (χ3n) is 1.38. The van der Waals surface area contributed by atoms with Crippen LogP contribution < -0.4 is 4.74 Å². The molecule has 0 N–H and O–H groups in total. The first-order valence-corrected chi connectivity index (χ1v) is 3.91. The molecule has 3 nitrogen and oxygen atoms in total. The summed E-state index contributed by atoms with van der Waals surface area (Å²) < 4.78 is 4.93. The van der Waals surface area contributed by atoms with E-state index in [2.05, 4.69) is 4.98 Å². The monoisotopic (exact) mass is 185 g/mol. The van der Waals surface area contributed by atoms with Crippen LogP contribution in [0.1, 0.15) is 10.5 Å². The van der Waals surface area contributed by atoms with Gasteiger partial charge in [-0.05, 0) is 12.1 Å². The maximum atomic E-state index is 11.1. The zero-order valence-electron chi connectivity index (χ0n) is 6.58. The summed E-state index contributed by atoms with van der Waals surface area (Å²) in [6.07, 6.45) is 1.53. The fourth-order valence-electron chi connectivity index (χ4n) is 0.828. The van der Waals surface area contributed by atoms with Crippen molar-refractivity contribution in [3.8, 4) is 5.75 Å². The fraction of sp³-hybridized carbons (Fsp3) is 0.250. The molecule has 0 aliphatic rings. The molecule has 0 bridgehead atoms. The van der Waals surface area contributed by atoms with Crippen molar-refractivity contribution in [3.63, 3.8) is 0 Å². The molecule has 0 aliphatic carbocycles. The van der Waals surface area contributed by atoms with E-state index < -0.39 is 0 Å². The van der Waals surface area contributed by atoms with Crippen molar-refractivity contribution in [2.24, 2.45) is 0 Å². The van der Waals surface area contributed by atoms with E-state index in [4.69, 9.17) is 16.3 Å². The van der Waals surface area contributed by atoms with Gasteiger partial charge in [-0.2, -0.15) is 0 Å². The standard InChI is InChI=1S/C8H8ClNO2/c1-12-7-3-2-4-10-8(7)6(11)5-9/h2-4H,5H2,1H3. The minimum atomic E-state index is -0.228. The second kappa shape index (κ2) is 4.07. The van der Waals surface area contributed by atoms with E-state index in [9.17, 15) is 4.79 Å². The van der Waals surface area contributed by atoms with Crippen LogP contribution in [0.2, 0.25) is 0 Å². The van der Waals surface area contributed by atoms with Gasteiger partial charge in [0.25, 0.3) is 0 Å². The largest absolute Gasteiger partial charge is 0.494 e. The third-order valence-corrected chi connectivity index (χ3v) is 1.62. The van der Waals surface area contributed by atoms with Crippen LogP contribution in [0.5, 0.6) is 5.75 Å². The number of halogens is 1. The zero-order valence-corrected chi connectivity index (χ0v) is 7.34. The summed E-state index contributed by atoms with van der Waals surface area (Å²) in [5.74, 6) is 0.158.